The summed E-state index contributed by atoms with van der Waals surface area (Å²) in [4.78, 5) is 19.9. The zero-order valence-electron chi connectivity index (χ0n) is 11.1. The van der Waals surface area contributed by atoms with Crippen molar-refractivity contribution in [2.75, 3.05) is 0 Å². The van der Waals surface area contributed by atoms with Gasteiger partial charge in [-0.05, 0) is 23.6 Å². The van der Waals surface area contributed by atoms with E-state index in [0.717, 1.165) is 4.88 Å². The summed E-state index contributed by atoms with van der Waals surface area (Å²) >= 11 is 1.46. The molecular weight excluding hydrogens is 302 g/mol. The third kappa shape index (κ3) is 1.91. The summed E-state index contributed by atoms with van der Waals surface area (Å²) in [6.07, 6.45) is 0. The van der Waals surface area contributed by atoms with Crippen molar-refractivity contribution in [1.29, 1.82) is 0 Å². The highest BCUT2D eigenvalue weighted by Gasteiger charge is 2.20. The van der Waals surface area contributed by atoms with Crippen LogP contribution in [0.15, 0.2) is 51.1 Å². The van der Waals surface area contributed by atoms with E-state index in [9.17, 15) is 9.90 Å². The van der Waals surface area contributed by atoms with Gasteiger partial charge in [0.15, 0.2) is 0 Å². The van der Waals surface area contributed by atoms with Gasteiger partial charge in [0.1, 0.15) is 11.3 Å². The molecule has 0 aliphatic carbocycles. The van der Waals surface area contributed by atoms with Crippen LogP contribution in [0.1, 0.15) is 0 Å². The van der Waals surface area contributed by atoms with Gasteiger partial charge in [-0.1, -0.05) is 23.4 Å². The molecule has 3 aromatic heterocycles. The number of rotatable bonds is 2. The number of fused-ring (bicyclic) bond motifs is 1. The molecule has 4 aromatic rings. The molecule has 0 saturated carbocycles. The van der Waals surface area contributed by atoms with Crippen molar-refractivity contribution in [3.05, 3.63) is 52.1 Å². The Hall–Kier alpha value is -2.93. The third-order valence-electron chi connectivity index (χ3n) is 3.28. The van der Waals surface area contributed by atoms with E-state index in [-0.39, 0.29) is 17.2 Å². The van der Waals surface area contributed by atoms with Gasteiger partial charge in [-0.3, -0.25) is 4.79 Å². The SMILES string of the molecule is O=c1[nH]c2ccccc2c(O)c1-c1nc(-c2cccs2)no1. The third-order valence-corrected chi connectivity index (χ3v) is 4.14. The molecule has 0 aliphatic rings. The summed E-state index contributed by atoms with van der Waals surface area (Å²) in [5.74, 6) is 0.214. The van der Waals surface area contributed by atoms with Crippen molar-refractivity contribution in [1.82, 2.24) is 15.1 Å². The van der Waals surface area contributed by atoms with Crippen molar-refractivity contribution in [3.8, 4) is 27.9 Å². The van der Waals surface area contributed by atoms with Crippen molar-refractivity contribution in [2.24, 2.45) is 0 Å². The minimum absolute atomic E-state index is 0.00657. The van der Waals surface area contributed by atoms with E-state index >= 15 is 0 Å². The quantitative estimate of drug-likeness (QED) is 0.593. The van der Waals surface area contributed by atoms with Crippen LogP contribution in [0.25, 0.3) is 33.1 Å². The lowest BCUT2D eigenvalue weighted by Crippen LogP contribution is -2.09. The van der Waals surface area contributed by atoms with Gasteiger partial charge in [-0.2, -0.15) is 4.98 Å². The highest BCUT2D eigenvalue weighted by Crippen LogP contribution is 2.32. The number of para-hydroxylation sites is 1. The van der Waals surface area contributed by atoms with Crippen LogP contribution in [0, 0.1) is 0 Å². The van der Waals surface area contributed by atoms with Gasteiger partial charge in [0.2, 0.25) is 5.82 Å². The molecule has 2 N–H and O–H groups in total. The number of aromatic amines is 1. The number of hydrogen-bond donors (Lipinski definition) is 2. The molecule has 0 fully saturated rings. The first-order valence-corrected chi connectivity index (χ1v) is 7.34. The number of aromatic nitrogens is 3. The Bertz CT molecular complexity index is 1020. The number of benzene rings is 1. The smallest absolute Gasteiger partial charge is 0.267 e. The van der Waals surface area contributed by atoms with Crippen LogP contribution in [0.3, 0.4) is 0 Å². The molecule has 0 aliphatic heterocycles. The Labute approximate surface area is 127 Å². The molecule has 1 aromatic carbocycles. The van der Waals surface area contributed by atoms with E-state index in [4.69, 9.17) is 4.52 Å². The number of pyridine rings is 1. The maximum absolute atomic E-state index is 12.2. The normalized spacial score (nSPS) is 11.1. The maximum Gasteiger partial charge on any atom is 0.267 e. The Morgan fingerprint density at radius 2 is 2.05 bits per heavy atom. The second-order valence-corrected chi connectivity index (χ2v) is 5.57. The minimum atomic E-state index is -0.474. The first kappa shape index (κ1) is 12.8. The number of nitrogens with zero attached hydrogens (tertiary/aromatic N) is 2. The van der Waals surface area contributed by atoms with Crippen LogP contribution in [-0.4, -0.2) is 20.2 Å². The van der Waals surface area contributed by atoms with Crippen LogP contribution in [0.5, 0.6) is 5.75 Å². The molecule has 0 saturated heterocycles. The summed E-state index contributed by atoms with van der Waals surface area (Å²) < 4.78 is 5.15. The fraction of sp³-hybridized carbons (Fsp3) is 0. The van der Waals surface area contributed by atoms with Gasteiger partial charge in [-0.15, -0.1) is 11.3 Å². The van der Waals surface area contributed by atoms with Crippen molar-refractivity contribution >= 4 is 22.2 Å². The van der Waals surface area contributed by atoms with Gasteiger partial charge in [0.05, 0.1) is 10.4 Å². The van der Waals surface area contributed by atoms with Gasteiger partial charge in [0, 0.05) is 5.39 Å². The van der Waals surface area contributed by atoms with Crippen LogP contribution in [0.4, 0.5) is 0 Å². The molecule has 4 rings (SSSR count). The van der Waals surface area contributed by atoms with E-state index in [1.54, 1.807) is 24.3 Å². The number of aromatic hydroxyl groups is 1. The summed E-state index contributed by atoms with van der Waals surface area (Å²) in [7, 11) is 0. The highest BCUT2D eigenvalue weighted by molar-refractivity contribution is 7.13. The average molecular weight is 311 g/mol. The first-order valence-electron chi connectivity index (χ1n) is 6.46. The van der Waals surface area contributed by atoms with Gasteiger partial charge >= 0.3 is 0 Å². The zero-order chi connectivity index (χ0) is 15.1. The van der Waals surface area contributed by atoms with Gasteiger partial charge < -0.3 is 14.6 Å². The average Bonchev–Trinajstić information content (AvgIpc) is 3.18. The molecule has 0 unspecified atom stereocenters. The van der Waals surface area contributed by atoms with E-state index in [0.29, 0.717) is 16.7 Å². The lowest BCUT2D eigenvalue weighted by atomic mass is 10.1. The second-order valence-electron chi connectivity index (χ2n) is 4.62. The molecular formula is C15H9N3O3S. The van der Waals surface area contributed by atoms with Gasteiger partial charge in [-0.25, -0.2) is 0 Å². The van der Waals surface area contributed by atoms with Crippen LogP contribution >= 0.6 is 11.3 Å². The van der Waals surface area contributed by atoms with E-state index in [1.165, 1.54) is 11.3 Å². The maximum atomic E-state index is 12.2. The van der Waals surface area contributed by atoms with Crippen LogP contribution in [0.2, 0.25) is 0 Å². The predicted octanol–water partition coefficient (Wildman–Crippen LogP) is 3.01. The summed E-state index contributed by atoms with van der Waals surface area (Å²) in [6, 6.07) is 10.7. The molecule has 0 bridgehead atoms. The Morgan fingerprint density at radius 1 is 1.18 bits per heavy atom. The minimum Gasteiger partial charge on any atom is -0.506 e. The molecule has 7 heteroatoms. The molecule has 0 spiro atoms. The first-order chi connectivity index (χ1) is 10.7. The Morgan fingerprint density at radius 3 is 2.86 bits per heavy atom. The molecule has 0 amide bonds. The zero-order valence-corrected chi connectivity index (χ0v) is 11.9. The van der Waals surface area contributed by atoms with Crippen molar-refractivity contribution in [3.63, 3.8) is 0 Å². The number of thiophene rings is 1. The largest absolute Gasteiger partial charge is 0.506 e. The lowest BCUT2D eigenvalue weighted by Gasteiger charge is -2.03. The highest BCUT2D eigenvalue weighted by atomic mass is 32.1. The monoisotopic (exact) mass is 311 g/mol. The summed E-state index contributed by atoms with van der Waals surface area (Å²) in [5, 5.41) is 16.7. The molecule has 0 radical (unpaired) electrons. The van der Waals surface area contributed by atoms with Crippen molar-refractivity contribution < 1.29 is 9.63 Å². The molecule has 3 heterocycles. The van der Waals surface area contributed by atoms with E-state index in [1.807, 2.05) is 17.5 Å². The molecule has 6 nitrogen and oxygen atoms in total. The van der Waals surface area contributed by atoms with Crippen LogP contribution in [-0.2, 0) is 0 Å². The molecule has 0 atom stereocenters. The topological polar surface area (TPSA) is 92.0 Å². The predicted molar refractivity (Wildman–Crippen MR) is 82.8 cm³/mol. The van der Waals surface area contributed by atoms with Gasteiger partial charge in [0.25, 0.3) is 11.4 Å². The van der Waals surface area contributed by atoms with E-state index < -0.39 is 5.56 Å². The Kier molecular flexibility index (Phi) is 2.80. The Balaban J connectivity index is 1.93. The second kappa shape index (κ2) is 4.81. The summed E-state index contributed by atoms with van der Waals surface area (Å²) in [6.45, 7) is 0. The standard InChI is InChI=1S/C15H9N3O3S/c19-12-8-4-1-2-5-9(8)16-14(20)11(12)15-17-13(18-21-15)10-6-3-7-22-10/h1-7H,(H2,16,19,20). The van der Waals surface area contributed by atoms with Crippen LogP contribution < -0.4 is 5.56 Å². The summed E-state index contributed by atoms with van der Waals surface area (Å²) in [5.41, 5.74) is 0.0540. The number of H-pyrrole nitrogens is 1. The van der Waals surface area contributed by atoms with Crippen molar-refractivity contribution in [2.45, 2.75) is 0 Å². The van der Waals surface area contributed by atoms with E-state index in [2.05, 4.69) is 15.1 Å². The number of hydrogen-bond acceptors (Lipinski definition) is 6. The lowest BCUT2D eigenvalue weighted by molar-refractivity contribution is 0.426. The molecule has 22 heavy (non-hydrogen) atoms. The fourth-order valence-electron chi connectivity index (χ4n) is 2.25. The number of nitrogens with one attached hydrogen (secondary N) is 1. The fourth-order valence-corrected chi connectivity index (χ4v) is 2.90. The molecule has 108 valence electrons.